The topological polar surface area (TPSA) is 168 Å². The van der Waals surface area contributed by atoms with Gasteiger partial charge in [-0.2, -0.15) is 0 Å². The molecule has 3 heterocycles. The molecule has 3 fully saturated rings. The van der Waals surface area contributed by atoms with E-state index in [1.54, 1.807) is 0 Å². The molecule has 0 saturated carbocycles. The lowest BCUT2D eigenvalue weighted by Gasteiger charge is -2.42. The highest BCUT2D eigenvalue weighted by Crippen LogP contribution is 2.48. The largest absolute Gasteiger partial charge is 0.393 e. The van der Waals surface area contributed by atoms with E-state index in [9.17, 15) is 30.6 Å². The number of hydrogen-bond donors (Lipinski definition) is 6. The average molecular weight is 462 g/mol. The minimum atomic E-state index is -1.85. The zero-order valence-corrected chi connectivity index (χ0v) is 18.2. The van der Waals surface area contributed by atoms with Gasteiger partial charge in [0.1, 0.15) is 41.7 Å². The van der Waals surface area contributed by atoms with Crippen LogP contribution in [0, 0.1) is 11.8 Å². The van der Waals surface area contributed by atoms with E-state index in [1.165, 1.54) is 0 Å². The predicted octanol–water partition coefficient (Wildman–Crippen LogP) is -2.36. The minimum Gasteiger partial charge on any atom is -0.393 e. The van der Waals surface area contributed by atoms with Gasteiger partial charge in [0.25, 0.3) is 0 Å². The van der Waals surface area contributed by atoms with Crippen molar-refractivity contribution in [3.05, 3.63) is 11.6 Å². The fourth-order valence-electron chi connectivity index (χ4n) is 5.05. The third-order valence-electron chi connectivity index (χ3n) is 7.37. The number of allylic oxidation sites excluding steroid dienone is 1. The van der Waals surface area contributed by atoms with Gasteiger partial charge in [0, 0.05) is 5.92 Å². The molecule has 11 nitrogen and oxygen atoms in total. The highest BCUT2D eigenvalue weighted by Gasteiger charge is 2.54. The average Bonchev–Trinajstić information content (AvgIpc) is 3.38. The lowest BCUT2D eigenvalue weighted by Crippen LogP contribution is -2.60. The first-order valence-corrected chi connectivity index (χ1v) is 11.0. The third-order valence-corrected chi connectivity index (χ3v) is 7.37. The quantitative estimate of drug-likeness (QED) is 0.224. The summed E-state index contributed by atoms with van der Waals surface area (Å²) < 4.78 is 28.3. The molecule has 32 heavy (non-hydrogen) atoms. The van der Waals surface area contributed by atoms with Gasteiger partial charge in [0.2, 0.25) is 0 Å². The van der Waals surface area contributed by atoms with E-state index in [4.69, 9.17) is 23.7 Å². The van der Waals surface area contributed by atoms with Crippen LogP contribution in [-0.2, 0) is 23.7 Å². The Bertz CT molecular complexity index is 703. The maximum atomic E-state index is 10.4. The van der Waals surface area contributed by atoms with E-state index in [2.05, 4.69) is 13.0 Å². The predicted molar refractivity (Wildman–Crippen MR) is 106 cm³/mol. The highest BCUT2D eigenvalue weighted by molar-refractivity contribution is 5.27. The third kappa shape index (κ3) is 4.03. The van der Waals surface area contributed by atoms with Crippen LogP contribution in [0.1, 0.15) is 20.3 Å². The lowest BCUT2D eigenvalue weighted by atomic mass is 9.82. The summed E-state index contributed by atoms with van der Waals surface area (Å²) in [6.45, 7) is 3.46. The molecule has 11 heteroatoms. The Morgan fingerprint density at radius 2 is 1.84 bits per heavy atom. The maximum absolute atomic E-state index is 10.4. The van der Waals surface area contributed by atoms with Crippen LogP contribution >= 0.6 is 0 Å². The van der Waals surface area contributed by atoms with Gasteiger partial charge in [-0.25, -0.2) is 0 Å². The van der Waals surface area contributed by atoms with E-state index < -0.39 is 60.9 Å². The van der Waals surface area contributed by atoms with Crippen LogP contribution in [0.25, 0.3) is 0 Å². The van der Waals surface area contributed by atoms with E-state index in [1.807, 2.05) is 6.92 Å². The van der Waals surface area contributed by atoms with E-state index in [-0.39, 0.29) is 25.7 Å². The van der Waals surface area contributed by atoms with Crippen molar-refractivity contribution >= 4 is 0 Å². The van der Waals surface area contributed by atoms with Gasteiger partial charge in [0.05, 0.1) is 33.0 Å². The number of hydrogen-bond acceptors (Lipinski definition) is 11. The van der Waals surface area contributed by atoms with Gasteiger partial charge >= 0.3 is 0 Å². The van der Waals surface area contributed by atoms with Crippen LogP contribution in [0.3, 0.4) is 0 Å². The molecule has 3 saturated heterocycles. The van der Waals surface area contributed by atoms with Gasteiger partial charge in [0.15, 0.2) is 12.6 Å². The molecule has 6 N–H and O–H groups in total. The number of ether oxygens (including phenoxy) is 5. The van der Waals surface area contributed by atoms with E-state index in [0.717, 1.165) is 12.0 Å². The maximum Gasteiger partial charge on any atom is 0.186 e. The van der Waals surface area contributed by atoms with Crippen molar-refractivity contribution in [1.29, 1.82) is 0 Å². The Balaban J connectivity index is 1.37. The van der Waals surface area contributed by atoms with E-state index >= 15 is 0 Å². The first-order chi connectivity index (χ1) is 15.1. The molecule has 4 rings (SSSR count). The van der Waals surface area contributed by atoms with Crippen molar-refractivity contribution in [1.82, 2.24) is 0 Å². The number of rotatable bonds is 7. The van der Waals surface area contributed by atoms with Crippen LogP contribution in [0.2, 0.25) is 0 Å². The smallest absolute Gasteiger partial charge is 0.186 e. The van der Waals surface area contributed by atoms with Crippen molar-refractivity contribution in [2.75, 3.05) is 33.0 Å². The second-order valence-electron chi connectivity index (χ2n) is 9.45. The first-order valence-electron chi connectivity index (χ1n) is 11.0. The highest BCUT2D eigenvalue weighted by atomic mass is 16.7. The summed E-state index contributed by atoms with van der Waals surface area (Å²) in [5, 5.41) is 60.4. The summed E-state index contributed by atoms with van der Waals surface area (Å²) in [5.74, 6) is 0.609. The zero-order chi connectivity index (χ0) is 23.3. The molecule has 184 valence electrons. The molecule has 3 aliphatic heterocycles. The summed E-state index contributed by atoms with van der Waals surface area (Å²) in [4.78, 5) is 0. The van der Waals surface area contributed by atoms with Gasteiger partial charge in [-0.3, -0.25) is 0 Å². The van der Waals surface area contributed by atoms with Crippen LogP contribution in [0.4, 0.5) is 0 Å². The number of fused-ring (bicyclic) bond motifs is 1. The van der Waals surface area contributed by atoms with Crippen LogP contribution in [-0.4, -0.2) is 118 Å². The fraction of sp³-hybridized carbons (Fsp3) is 0.905. The van der Waals surface area contributed by atoms with Crippen molar-refractivity contribution in [3.8, 4) is 0 Å². The summed E-state index contributed by atoms with van der Waals surface area (Å²) >= 11 is 0. The minimum absolute atomic E-state index is 0.121. The summed E-state index contributed by atoms with van der Waals surface area (Å²) in [5.41, 5.74) is -1.40. The Morgan fingerprint density at radius 1 is 1.09 bits per heavy atom. The van der Waals surface area contributed by atoms with Gasteiger partial charge in [-0.15, -0.1) is 0 Å². The van der Waals surface area contributed by atoms with E-state index in [0.29, 0.717) is 12.5 Å². The second-order valence-corrected chi connectivity index (χ2v) is 9.45. The van der Waals surface area contributed by atoms with Crippen molar-refractivity contribution in [3.63, 3.8) is 0 Å². The van der Waals surface area contributed by atoms with Gasteiger partial charge in [-0.1, -0.05) is 13.0 Å². The molecule has 0 amide bonds. The summed E-state index contributed by atoms with van der Waals surface area (Å²) in [7, 11) is 0. The molecule has 1 aliphatic carbocycles. The lowest BCUT2D eigenvalue weighted by molar-refractivity contribution is -0.315. The van der Waals surface area contributed by atoms with Crippen LogP contribution in [0.5, 0.6) is 0 Å². The molecular weight excluding hydrogens is 428 g/mol. The Kier molecular flexibility index (Phi) is 6.99. The normalized spacial score (nSPS) is 51.1. The monoisotopic (exact) mass is 462 g/mol. The van der Waals surface area contributed by atoms with Crippen molar-refractivity contribution in [2.24, 2.45) is 11.8 Å². The standard InChI is InChI=1S/C21H34O11/c1-10-5-31-21(11(2)3-4-12(10)21)9-30-18-16(25)15(24)14(23)13(32-18)6-28-19-17(26)20(27,7-22)8-29-19/h3,10,12-19,22-27H,4-9H2,1-2H3/t10-,12-,13-,14-,15+,16-,17+,18-,19-,20+,21-/m1/s1. The Hall–Kier alpha value is -0.700. The Labute approximate surface area is 186 Å². The van der Waals surface area contributed by atoms with Crippen LogP contribution in [0.15, 0.2) is 11.6 Å². The summed E-state index contributed by atoms with van der Waals surface area (Å²) in [6, 6.07) is 0. The fourth-order valence-corrected chi connectivity index (χ4v) is 5.05. The SMILES string of the molecule is CC1=CC[C@@H]2[C@H](C)CO[C@]12CO[C@@H]1O[C@H](CO[C@@H]2OC[C@@](O)(CO)[C@H]2O)[C@@H](O)[C@H](O)[C@H]1O. The van der Waals surface area contributed by atoms with Crippen molar-refractivity contribution < 1.29 is 54.3 Å². The second kappa shape index (κ2) is 9.16. The molecule has 0 spiro atoms. The molecule has 11 atom stereocenters. The molecule has 4 aliphatic rings. The van der Waals surface area contributed by atoms with Gasteiger partial charge < -0.3 is 54.3 Å². The molecular formula is C21H34O11. The Morgan fingerprint density at radius 3 is 2.53 bits per heavy atom. The van der Waals surface area contributed by atoms with Crippen LogP contribution < -0.4 is 0 Å². The molecule has 0 aromatic rings. The number of aliphatic hydroxyl groups excluding tert-OH is 5. The molecule has 0 unspecified atom stereocenters. The van der Waals surface area contributed by atoms with Gasteiger partial charge in [-0.05, 0) is 24.8 Å². The first kappa shape index (κ1) is 24.4. The number of aliphatic hydroxyl groups is 6. The molecule has 0 aromatic carbocycles. The van der Waals surface area contributed by atoms with Crippen molar-refractivity contribution in [2.45, 2.75) is 74.6 Å². The molecule has 0 bridgehead atoms. The zero-order valence-electron chi connectivity index (χ0n) is 18.2. The summed E-state index contributed by atoms with van der Waals surface area (Å²) in [6.07, 6.45) is -6.64. The molecule has 0 radical (unpaired) electrons. The molecule has 0 aromatic heterocycles.